The number of benzene rings is 1. The Kier molecular flexibility index (Phi) is 5.19. The van der Waals surface area contributed by atoms with E-state index in [2.05, 4.69) is 0 Å². The molecule has 0 aliphatic rings. The summed E-state index contributed by atoms with van der Waals surface area (Å²) in [5.41, 5.74) is 5.51. The molecule has 0 fully saturated rings. The van der Waals surface area contributed by atoms with Gasteiger partial charge >= 0.3 is 0 Å². The van der Waals surface area contributed by atoms with E-state index < -0.39 is 0 Å². The molecule has 0 radical (unpaired) electrons. The van der Waals surface area contributed by atoms with E-state index in [-0.39, 0.29) is 6.10 Å². The monoisotopic (exact) mass is 249 g/mol. The van der Waals surface area contributed by atoms with E-state index in [9.17, 15) is 0 Å². The van der Waals surface area contributed by atoms with E-state index in [1.807, 2.05) is 0 Å². The lowest BCUT2D eigenvalue weighted by atomic mass is 10.3. The predicted molar refractivity (Wildman–Crippen MR) is 61.8 cm³/mol. The molecule has 1 aromatic carbocycles. The molecule has 1 aromatic rings. The molecule has 2 N–H and O–H groups in total. The van der Waals surface area contributed by atoms with E-state index in [4.69, 9.17) is 38.4 Å². The molecule has 1 atom stereocenters. The molecule has 0 bridgehead atoms. The molecule has 1 rings (SSSR count). The van der Waals surface area contributed by atoms with Crippen LogP contribution in [0, 0.1) is 0 Å². The quantitative estimate of drug-likeness (QED) is 0.872. The Morgan fingerprint density at radius 3 is 2.67 bits per heavy atom. The molecule has 0 saturated heterocycles. The van der Waals surface area contributed by atoms with Crippen molar-refractivity contribution in [3.05, 3.63) is 28.2 Å². The second kappa shape index (κ2) is 6.18. The lowest BCUT2D eigenvalue weighted by molar-refractivity contribution is 0.0861. The number of hydrogen-bond donors (Lipinski definition) is 1. The number of rotatable bonds is 5. The maximum Gasteiger partial charge on any atom is 0.138 e. The van der Waals surface area contributed by atoms with Crippen LogP contribution in [0.1, 0.15) is 0 Å². The van der Waals surface area contributed by atoms with Crippen LogP contribution in [0.2, 0.25) is 10.0 Å². The van der Waals surface area contributed by atoms with Crippen molar-refractivity contribution in [2.75, 3.05) is 20.3 Å². The summed E-state index contributed by atoms with van der Waals surface area (Å²) >= 11 is 11.7. The zero-order valence-corrected chi connectivity index (χ0v) is 9.89. The van der Waals surface area contributed by atoms with Gasteiger partial charge in [0.2, 0.25) is 0 Å². The first-order valence-corrected chi connectivity index (χ1v) is 5.23. The molecule has 3 nitrogen and oxygen atoms in total. The molecule has 15 heavy (non-hydrogen) atoms. The molecule has 0 heterocycles. The van der Waals surface area contributed by atoms with Crippen LogP contribution in [0.25, 0.3) is 0 Å². The summed E-state index contributed by atoms with van der Waals surface area (Å²) in [5, 5.41) is 1.04. The van der Waals surface area contributed by atoms with Gasteiger partial charge in [-0.3, -0.25) is 0 Å². The molecule has 84 valence electrons. The van der Waals surface area contributed by atoms with Crippen LogP contribution >= 0.6 is 23.2 Å². The van der Waals surface area contributed by atoms with Gasteiger partial charge in [-0.15, -0.1) is 0 Å². The van der Waals surface area contributed by atoms with Crippen molar-refractivity contribution in [2.45, 2.75) is 6.10 Å². The molecular formula is C10H13Cl2NO2. The Morgan fingerprint density at radius 1 is 1.40 bits per heavy atom. The van der Waals surface area contributed by atoms with Gasteiger partial charge in [0, 0.05) is 18.7 Å². The third kappa shape index (κ3) is 3.87. The molecule has 0 aromatic heterocycles. The summed E-state index contributed by atoms with van der Waals surface area (Å²) < 4.78 is 10.5. The smallest absolute Gasteiger partial charge is 0.138 e. The predicted octanol–water partition coefficient (Wildman–Crippen LogP) is 2.35. The van der Waals surface area contributed by atoms with Crippen LogP contribution in [0.5, 0.6) is 5.75 Å². The van der Waals surface area contributed by atoms with Gasteiger partial charge in [-0.1, -0.05) is 23.2 Å². The average molecular weight is 250 g/mol. The van der Waals surface area contributed by atoms with Crippen molar-refractivity contribution in [1.29, 1.82) is 0 Å². The van der Waals surface area contributed by atoms with Crippen LogP contribution in [-0.4, -0.2) is 26.4 Å². The molecule has 0 aliphatic carbocycles. The van der Waals surface area contributed by atoms with Crippen LogP contribution in [-0.2, 0) is 4.74 Å². The molecule has 0 saturated carbocycles. The molecule has 0 spiro atoms. The zero-order chi connectivity index (χ0) is 11.3. The number of methoxy groups -OCH3 is 1. The van der Waals surface area contributed by atoms with Crippen LogP contribution < -0.4 is 10.5 Å². The minimum atomic E-state index is -0.200. The minimum absolute atomic E-state index is 0.200. The first-order chi connectivity index (χ1) is 7.17. The van der Waals surface area contributed by atoms with Crippen molar-refractivity contribution in [3.63, 3.8) is 0 Å². The zero-order valence-electron chi connectivity index (χ0n) is 8.37. The summed E-state index contributed by atoms with van der Waals surface area (Å²) in [4.78, 5) is 0. The van der Waals surface area contributed by atoms with Crippen molar-refractivity contribution >= 4 is 23.2 Å². The lowest BCUT2D eigenvalue weighted by Crippen LogP contribution is -2.31. The Balaban J connectivity index is 2.70. The van der Waals surface area contributed by atoms with E-state index in [1.54, 1.807) is 25.3 Å². The molecule has 5 heteroatoms. The maximum atomic E-state index is 5.94. The van der Waals surface area contributed by atoms with Gasteiger partial charge in [-0.25, -0.2) is 0 Å². The highest BCUT2D eigenvalue weighted by Crippen LogP contribution is 2.28. The third-order valence-electron chi connectivity index (χ3n) is 1.80. The van der Waals surface area contributed by atoms with Crippen molar-refractivity contribution in [3.8, 4) is 5.75 Å². The number of halogens is 2. The lowest BCUT2D eigenvalue weighted by Gasteiger charge is -2.17. The second-order valence-electron chi connectivity index (χ2n) is 3.01. The summed E-state index contributed by atoms with van der Waals surface area (Å²) in [6.07, 6.45) is -0.200. The first kappa shape index (κ1) is 12.6. The average Bonchev–Trinajstić information content (AvgIpc) is 2.21. The van der Waals surface area contributed by atoms with Crippen molar-refractivity contribution in [2.24, 2.45) is 5.73 Å². The highest BCUT2D eigenvalue weighted by atomic mass is 35.5. The highest BCUT2D eigenvalue weighted by molar-refractivity contribution is 6.35. The molecule has 0 aliphatic heterocycles. The van der Waals surface area contributed by atoms with Gasteiger partial charge in [-0.2, -0.15) is 0 Å². The van der Waals surface area contributed by atoms with Gasteiger partial charge < -0.3 is 15.2 Å². The number of hydrogen-bond acceptors (Lipinski definition) is 3. The van der Waals surface area contributed by atoms with Gasteiger partial charge in [0.1, 0.15) is 11.9 Å². The van der Waals surface area contributed by atoms with Crippen molar-refractivity contribution in [1.82, 2.24) is 0 Å². The topological polar surface area (TPSA) is 44.5 Å². The van der Waals surface area contributed by atoms with E-state index in [0.29, 0.717) is 28.9 Å². The maximum absolute atomic E-state index is 5.94. The minimum Gasteiger partial charge on any atom is -0.485 e. The van der Waals surface area contributed by atoms with Crippen LogP contribution in [0.3, 0.4) is 0 Å². The Labute approximate surface area is 99.1 Å². The number of nitrogens with two attached hydrogens (primary N) is 1. The summed E-state index contributed by atoms with van der Waals surface area (Å²) in [6, 6.07) is 5.05. The second-order valence-corrected chi connectivity index (χ2v) is 3.85. The Morgan fingerprint density at radius 2 is 2.13 bits per heavy atom. The summed E-state index contributed by atoms with van der Waals surface area (Å²) in [5.74, 6) is 0.563. The van der Waals surface area contributed by atoms with Gasteiger partial charge in [0.25, 0.3) is 0 Å². The third-order valence-corrected chi connectivity index (χ3v) is 2.33. The Hall–Kier alpha value is -0.480. The fraction of sp³-hybridized carbons (Fsp3) is 0.400. The molecule has 1 unspecified atom stereocenters. The van der Waals surface area contributed by atoms with Gasteiger partial charge in [0.05, 0.1) is 11.6 Å². The van der Waals surface area contributed by atoms with E-state index in [1.165, 1.54) is 0 Å². The van der Waals surface area contributed by atoms with E-state index >= 15 is 0 Å². The summed E-state index contributed by atoms with van der Waals surface area (Å²) in [7, 11) is 1.59. The van der Waals surface area contributed by atoms with E-state index in [0.717, 1.165) is 0 Å². The van der Waals surface area contributed by atoms with Gasteiger partial charge in [0.15, 0.2) is 0 Å². The normalized spacial score (nSPS) is 12.5. The van der Waals surface area contributed by atoms with Crippen molar-refractivity contribution < 1.29 is 9.47 Å². The van der Waals surface area contributed by atoms with Crippen LogP contribution in [0.15, 0.2) is 18.2 Å². The SMILES string of the molecule is COCC(CN)Oc1ccc(Cl)cc1Cl. The highest BCUT2D eigenvalue weighted by Gasteiger charge is 2.10. The van der Waals surface area contributed by atoms with Gasteiger partial charge in [-0.05, 0) is 18.2 Å². The molecule has 0 amide bonds. The number of ether oxygens (including phenoxy) is 2. The standard InChI is InChI=1S/C10H13Cl2NO2/c1-14-6-8(5-13)15-10-3-2-7(11)4-9(10)12/h2-4,8H,5-6,13H2,1H3. The largest absolute Gasteiger partial charge is 0.485 e. The van der Waals surface area contributed by atoms with Crippen LogP contribution in [0.4, 0.5) is 0 Å². The Bertz CT molecular complexity index is 320. The summed E-state index contributed by atoms with van der Waals surface area (Å²) in [6.45, 7) is 0.794. The first-order valence-electron chi connectivity index (χ1n) is 4.48. The molecular weight excluding hydrogens is 237 g/mol. The fourth-order valence-electron chi connectivity index (χ4n) is 1.09. The fourth-order valence-corrected chi connectivity index (χ4v) is 1.54.